The van der Waals surface area contributed by atoms with Crippen LogP contribution in [0.3, 0.4) is 0 Å². The van der Waals surface area contributed by atoms with Crippen molar-refractivity contribution in [1.82, 2.24) is 20.8 Å². The van der Waals surface area contributed by atoms with Crippen LogP contribution in [-0.2, 0) is 9.59 Å². The zero-order valence-corrected chi connectivity index (χ0v) is 15.3. The van der Waals surface area contributed by atoms with Gasteiger partial charge in [0.25, 0.3) is 5.91 Å². The van der Waals surface area contributed by atoms with E-state index >= 15 is 0 Å². The summed E-state index contributed by atoms with van der Waals surface area (Å²) in [5.74, 6) is -1.50. The molecule has 0 radical (unpaired) electrons. The summed E-state index contributed by atoms with van der Waals surface area (Å²) in [7, 11) is 0. The van der Waals surface area contributed by atoms with Crippen LogP contribution in [0.4, 0.5) is 5.13 Å². The van der Waals surface area contributed by atoms with Crippen molar-refractivity contribution in [3.05, 3.63) is 38.8 Å². The van der Waals surface area contributed by atoms with E-state index in [1.165, 1.54) is 29.5 Å². The Hall–Kier alpha value is -2.23. The minimum Gasteiger partial charge on any atom is -0.345 e. The lowest BCUT2D eigenvalue weighted by molar-refractivity contribution is -0.123. The summed E-state index contributed by atoms with van der Waals surface area (Å²) in [5.41, 5.74) is 0.197. The fourth-order valence-electron chi connectivity index (χ4n) is 1.68. The minimum absolute atomic E-state index is 0.178. The number of anilines is 1. The maximum absolute atomic E-state index is 12.0. The molecule has 132 valence electrons. The third-order valence-electron chi connectivity index (χ3n) is 2.80. The van der Waals surface area contributed by atoms with E-state index in [1.54, 1.807) is 6.92 Å². The Kier molecular flexibility index (Phi) is 6.68. The molecule has 0 aliphatic heterocycles. The van der Waals surface area contributed by atoms with Crippen LogP contribution in [0.2, 0.25) is 10.0 Å². The Morgan fingerprint density at radius 2 is 1.80 bits per heavy atom. The maximum Gasteiger partial charge on any atom is 0.253 e. The van der Waals surface area contributed by atoms with Gasteiger partial charge in [0, 0.05) is 5.02 Å². The Labute approximate surface area is 156 Å². The predicted molar refractivity (Wildman–Crippen MR) is 95.1 cm³/mol. The number of benzene rings is 1. The lowest BCUT2D eigenvalue weighted by Gasteiger charge is -2.08. The number of aryl methyl sites for hydroxylation is 1. The fourth-order valence-corrected chi connectivity index (χ4v) is 2.78. The smallest absolute Gasteiger partial charge is 0.253 e. The van der Waals surface area contributed by atoms with Gasteiger partial charge < -0.3 is 10.6 Å². The quantitative estimate of drug-likeness (QED) is 0.680. The summed E-state index contributed by atoms with van der Waals surface area (Å²) in [5, 5.41) is 16.4. The molecule has 0 fully saturated rings. The van der Waals surface area contributed by atoms with Gasteiger partial charge in [-0.2, -0.15) is 0 Å². The molecule has 8 nitrogen and oxygen atoms in total. The van der Waals surface area contributed by atoms with Crippen molar-refractivity contribution < 1.29 is 14.4 Å². The van der Waals surface area contributed by atoms with E-state index in [1.807, 2.05) is 0 Å². The van der Waals surface area contributed by atoms with Gasteiger partial charge in [0.15, 0.2) is 0 Å². The minimum atomic E-state index is -0.526. The van der Waals surface area contributed by atoms with E-state index in [0.29, 0.717) is 15.2 Å². The highest BCUT2D eigenvalue weighted by Gasteiger charge is 2.13. The van der Waals surface area contributed by atoms with Gasteiger partial charge in [-0.1, -0.05) is 34.5 Å². The van der Waals surface area contributed by atoms with Gasteiger partial charge in [-0.25, -0.2) is 0 Å². The molecule has 1 aromatic heterocycles. The lowest BCUT2D eigenvalue weighted by Crippen LogP contribution is -2.40. The summed E-state index contributed by atoms with van der Waals surface area (Å²) in [6.45, 7) is 1.20. The van der Waals surface area contributed by atoms with Gasteiger partial charge in [-0.05, 0) is 25.1 Å². The average Bonchev–Trinajstić information content (AvgIpc) is 2.95. The molecule has 2 aromatic rings. The molecule has 3 amide bonds. The van der Waals surface area contributed by atoms with E-state index in [9.17, 15) is 14.4 Å². The molecular formula is C14H13Cl2N5O3S. The Morgan fingerprint density at radius 3 is 2.44 bits per heavy atom. The molecule has 0 saturated carbocycles. The first kappa shape index (κ1) is 19.1. The normalized spacial score (nSPS) is 10.2. The van der Waals surface area contributed by atoms with Crippen molar-refractivity contribution in [3.63, 3.8) is 0 Å². The van der Waals surface area contributed by atoms with Gasteiger partial charge in [0.2, 0.25) is 16.9 Å². The van der Waals surface area contributed by atoms with E-state index in [2.05, 4.69) is 26.1 Å². The Morgan fingerprint density at radius 1 is 1.08 bits per heavy atom. The molecule has 3 N–H and O–H groups in total. The van der Waals surface area contributed by atoms with Gasteiger partial charge in [-0.15, -0.1) is 10.2 Å². The monoisotopic (exact) mass is 401 g/mol. The zero-order chi connectivity index (χ0) is 18.4. The lowest BCUT2D eigenvalue weighted by atomic mass is 10.2. The topological polar surface area (TPSA) is 113 Å². The van der Waals surface area contributed by atoms with Crippen LogP contribution < -0.4 is 16.0 Å². The van der Waals surface area contributed by atoms with Crippen molar-refractivity contribution in [3.8, 4) is 0 Å². The van der Waals surface area contributed by atoms with E-state index in [0.717, 1.165) is 0 Å². The van der Waals surface area contributed by atoms with Gasteiger partial charge in [0.1, 0.15) is 5.01 Å². The fraction of sp³-hybridized carbons (Fsp3) is 0.214. The van der Waals surface area contributed by atoms with Crippen LogP contribution in [0.5, 0.6) is 0 Å². The number of aromatic nitrogens is 2. The molecule has 0 saturated heterocycles. The first-order chi connectivity index (χ1) is 11.8. The third-order valence-corrected chi connectivity index (χ3v) is 4.11. The predicted octanol–water partition coefficient (Wildman–Crippen LogP) is 1.64. The molecule has 0 aliphatic carbocycles. The number of nitrogens with one attached hydrogen (secondary N) is 3. The van der Waals surface area contributed by atoms with Crippen LogP contribution >= 0.6 is 34.5 Å². The Balaban J connectivity index is 1.74. The van der Waals surface area contributed by atoms with E-state index in [4.69, 9.17) is 23.2 Å². The number of carbonyl (C=O) groups is 3. The molecule has 11 heteroatoms. The molecule has 1 aromatic carbocycles. The standard InChI is InChI=1S/C14H13Cl2N5O3S/c1-7-20-21-14(25-7)19-12(23)6-17-11(22)5-18-13(24)9-3-2-8(15)4-10(9)16/h2-4H,5-6H2,1H3,(H,17,22)(H,18,24)(H,19,21,23). The highest BCUT2D eigenvalue weighted by molar-refractivity contribution is 7.15. The van der Waals surface area contributed by atoms with Crippen molar-refractivity contribution in [2.24, 2.45) is 0 Å². The van der Waals surface area contributed by atoms with E-state index in [-0.39, 0.29) is 23.7 Å². The summed E-state index contributed by atoms with van der Waals surface area (Å²) in [4.78, 5) is 35.3. The summed E-state index contributed by atoms with van der Waals surface area (Å²) < 4.78 is 0. The third kappa shape index (κ3) is 5.96. The zero-order valence-electron chi connectivity index (χ0n) is 12.9. The average molecular weight is 402 g/mol. The van der Waals surface area contributed by atoms with E-state index < -0.39 is 17.7 Å². The van der Waals surface area contributed by atoms with Gasteiger partial charge in [-0.3, -0.25) is 19.7 Å². The number of rotatable bonds is 6. The molecule has 0 bridgehead atoms. The molecule has 25 heavy (non-hydrogen) atoms. The van der Waals surface area contributed by atoms with Gasteiger partial charge in [0.05, 0.1) is 23.7 Å². The molecule has 0 atom stereocenters. The van der Waals surface area contributed by atoms with Gasteiger partial charge >= 0.3 is 0 Å². The van der Waals surface area contributed by atoms with Crippen LogP contribution in [0.15, 0.2) is 18.2 Å². The van der Waals surface area contributed by atoms with Crippen LogP contribution in [0.25, 0.3) is 0 Å². The summed E-state index contributed by atoms with van der Waals surface area (Å²) >= 11 is 12.9. The summed E-state index contributed by atoms with van der Waals surface area (Å²) in [6.07, 6.45) is 0. The van der Waals surface area contributed by atoms with Crippen molar-refractivity contribution in [1.29, 1.82) is 0 Å². The second kappa shape index (κ2) is 8.75. The van der Waals surface area contributed by atoms with Crippen LogP contribution in [0.1, 0.15) is 15.4 Å². The number of carbonyl (C=O) groups excluding carboxylic acids is 3. The second-order valence-corrected chi connectivity index (χ2v) is 6.78. The SMILES string of the molecule is Cc1nnc(NC(=O)CNC(=O)CNC(=O)c2ccc(Cl)cc2Cl)s1. The number of halogens is 2. The number of hydrogen-bond donors (Lipinski definition) is 3. The number of amides is 3. The molecule has 0 unspecified atom stereocenters. The Bertz CT molecular complexity index is 812. The van der Waals surface area contributed by atoms with Crippen LogP contribution in [-0.4, -0.2) is 41.0 Å². The molecule has 0 aliphatic rings. The summed E-state index contributed by atoms with van der Waals surface area (Å²) in [6, 6.07) is 4.40. The highest BCUT2D eigenvalue weighted by Crippen LogP contribution is 2.20. The van der Waals surface area contributed by atoms with Crippen molar-refractivity contribution >= 4 is 57.4 Å². The number of nitrogens with zero attached hydrogens (tertiary/aromatic N) is 2. The molecule has 0 spiro atoms. The van der Waals surface area contributed by atoms with Crippen molar-refractivity contribution in [2.45, 2.75) is 6.92 Å². The molecular weight excluding hydrogens is 389 g/mol. The van der Waals surface area contributed by atoms with Crippen molar-refractivity contribution in [2.75, 3.05) is 18.4 Å². The molecule has 2 rings (SSSR count). The largest absolute Gasteiger partial charge is 0.345 e. The molecule has 1 heterocycles. The first-order valence-corrected chi connectivity index (χ1v) is 8.52. The first-order valence-electron chi connectivity index (χ1n) is 6.95. The van der Waals surface area contributed by atoms with Crippen LogP contribution in [0, 0.1) is 6.92 Å². The maximum atomic E-state index is 12.0. The highest BCUT2D eigenvalue weighted by atomic mass is 35.5. The number of hydrogen-bond acceptors (Lipinski definition) is 6. The second-order valence-electron chi connectivity index (χ2n) is 4.76.